The number of nitrogens with zero attached hydrogens (tertiary/aromatic N) is 5. The van der Waals surface area contributed by atoms with Crippen molar-refractivity contribution >= 4 is 11.6 Å². The Morgan fingerprint density at radius 3 is 2.95 bits per heavy atom. The molecule has 0 spiro atoms. The molecule has 3 aromatic rings. The largest absolute Gasteiger partial charge is 0.352 e. The second kappa shape index (κ2) is 4.72. The molecule has 3 heterocycles. The van der Waals surface area contributed by atoms with Crippen LogP contribution in [0.15, 0.2) is 30.7 Å². The smallest absolute Gasteiger partial charge is 0.243 e. The Bertz CT molecular complexity index is 696. The van der Waals surface area contributed by atoms with Crippen molar-refractivity contribution in [2.24, 2.45) is 7.05 Å². The van der Waals surface area contributed by atoms with Crippen LogP contribution in [-0.4, -0.2) is 30.7 Å². The summed E-state index contributed by atoms with van der Waals surface area (Å²) in [5, 5.41) is 7.61. The van der Waals surface area contributed by atoms with Crippen molar-refractivity contribution in [3.63, 3.8) is 0 Å². The highest BCUT2D eigenvalue weighted by atomic mass is 15.3. The molecule has 6 heteroatoms. The van der Waals surface area contributed by atoms with Gasteiger partial charge in [0.05, 0.1) is 0 Å². The van der Waals surface area contributed by atoms with E-state index in [2.05, 4.69) is 20.4 Å². The second-order valence-electron chi connectivity index (χ2n) is 4.53. The summed E-state index contributed by atoms with van der Waals surface area (Å²) in [4.78, 5) is 8.75. The molecule has 0 aliphatic rings. The number of aryl methyl sites for hydroxylation is 2. The third-order valence-electron chi connectivity index (χ3n) is 3.11. The lowest BCUT2D eigenvalue weighted by molar-refractivity contribution is 0.786. The van der Waals surface area contributed by atoms with Gasteiger partial charge in [-0.1, -0.05) is 6.07 Å². The van der Waals surface area contributed by atoms with Crippen LogP contribution in [0, 0.1) is 6.92 Å². The van der Waals surface area contributed by atoms with Crippen LogP contribution < -0.4 is 5.32 Å². The number of hydrogen-bond acceptors (Lipinski definition) is 4. The first-order chi connectivity index (χ1) is 9.24. The maximum Gasteiger partial charge on any atom is 0.243 e. The summed E-state index contributed by atoms with van der Waals surface area (Å²) < 4.78 is 3.81. The van der Waals surface area contributed by atoms with Gasteiger partial charge in [-0.2, -0.15) is 4.98 Å². The number of anilines is 1. The van der Waals surface area contributed by atoms with Gasteiger partial charge in [0.25, 0.3) is 0 Å². The predicted molar refractivity (Wildman–Crippen MR) is 73.1 cm³/mol. The summed E-state index contributed by atoms with van der Waals surface area (Å²) in [7, 11) is 1.99. The summed E-state index contributed by atoms with van der Waals surface area (Å²) in [5.41, 5.74) is 2.01. The summed E-state index contributed by atoms with van der Waals surface area (Å²) >= 11 is 0. The predicted octanol–water partition coefficient (Wildman–Crippen LogP) is 1.43. The summed E-state index contributed by atoms with van der Waals surface area (Å²) in [6, 6.07) is 4.00. The minimum absolute atomic E-state index is 0.656. The van der Waals surface area contributed by atoms with Crippen molar-refractivity contribution in [1.82, 2.24) is 24.1 Å². The molecular formula is C13H16N6. The molecule has 0 amide bonds. The van der Waals surface area contributed by atoms with Gasteiger partial charge in [0, 0.05) is 38.6 Å². The van der Waals surface area contributed by atoms with Crippen LogP contribution in [0.1, 0.15) is 11.4 Å². The number of fused-ring (bicyclic) bond motifs is 1. The van der Waals surface area contributed by atoms with E-state index in [1.165, 1.54) is 0 Å². The van der Waals surface area contributed by atoms with E-state index in [-0.39, 0.29) is 0 Å². The molecule has 0 aromatic carbocycles. The van der Waals surface area contributed by atoms with Gasteiger partial charge in [-0.05, 0) is 18.6 Å². The molecule has 0 aliphatic heterocycles. The summed E-state index contributed by atoms with van der Waals surface area (Å²) in [6.45, 7) is 2.79. The van der Waals surface area contributed by atoms with Crippen LogP contribution in [0.2, 0.25) is 0 Å². The highest BCUT2D eigenvalue weighted by Crippen LogP contribution is 2.09. The van der Waals surface area contributed by atoms with E-state index < -0.39 is 0 Å². The van der Waals surface area contributed by atoms with Crippen LogP contribution in [0.4, 0.5) is 5.95 Å². The minimum atomic E-state index is 0.656. The van der Waals surface area contributed by atoms with Crippen LogP contribution in [-0.2, 0) is 13.5 Å². The molecule has 0 fully saturated rings. The number of imidazole rings is 1. The van der Waals surface area contributed by atoms with Gasteiger partial charge in [0.15, 0.2) is 5.65 Å². The van der Waals surface area contributed by atoms with Crippen LogP contribution >= 0.6 is 0 Å². The lowest BCUT2D eigenvalue weighted by atomic mass is 10.3. The van der Waals surface area contributed by atoms with Crippen LogP contribution in [0.3, 0.4) is 0 Å². The van der Waals surface area contributed by atoms with Gasteiger partial charge >= 0.3 is 0 Å². The molecule has 3 rings (SSSR count). The third kappa shape index (κ3) is 2.29. The van der Waals surface area contributed by atoms with Gasteiger partial charge in [0.2, 0.25) is 5.95 Å². The van der Waals surface area contributed by atoms with Crippen LogP contribution in [0.25, 0.3) is 5.65 Å². The zero-order chi connectivity index (χ0) is 13.2. The van der Waals surface area contributed by atoms with Crippen molar-refractivity contribution in [2.75, 3.05) is 11.9 Å². The van der Waals surface area contributed by atoms with E-state index >= 15 is 0 Å². The van der Waals surface area contributed by atoms with Crippen molar-refractivity contribution < 1.29 is 0 Å². The number of rotatable bonds is 4. The molecule has 0 atom stereocenters. The van der Waals surface area contributed by atoms with Crippen LogP contribution in [0.5, 0.6) is 0 Å². The fourth-order valence-corrected chi connectivity index (χ4v) is 2.04. The maximum absolute atomic E-state index is 4.47. The molecule has 1 N–H and O–H groups in total. The highest BCUT2D eigenvalue weighted by Gasteiger charge is 2.05. The van der Waals surface area contributed by atoms with E-state index in [0.29, 0.717) is 5.95 Å². The van der Waals surface area contributed by atoms with Crippen molar-refractivity contribution in [3.8, 4) is 0 Å². The van der Waals surface area contributed by atoms with E-state index in [0.717, 1.165) is 30.0 Å². The molecular weight excluding hydrogens is 240 g/mol. The monoisotopic (exact) mass is 256 g/mol. The molecule has 6 nitrogen and oxygen atoms in total. The third-order valence-corrected chi connectivity index (χ3v) is 3.11. The number of pyridine rings is 1. The second-order valence-corrected chi connectivity index (χ2v) is 4.53. The number of aromatic nitrogens is 5. The average Bonchev–Trinajstić information content (AvgIpc) is 2.97. The lowest BCUT2D eigenvalue weighted by Gasteiger charge is -2.01. The standard InChI is InChI=1S/C13H16N6/c1-10-4-3-8-19-12(10)16-13(17-19)15-6-5-11-14-7-9-18(11)2/h3-4,7-9H,5-6H2,1-2H3,(H,15,17). The maximum atomic E-state index is 4.47. The first-order valence-electron chi connectivity index (χ1n) is 6.26. The Labute approximate surface area is 111 Å². The molecule has 19 heavy (non-hydrogen) atoms. The topological polar surface area (TPSA) is 60.0 Å². The number of hydrogen-bond donors (Lipinski definition) is 1. The molecule has 0 unspecified atom stereocenters. The van der Waals surface area contributed by atoms with Crippen molar-refractivity contribution in [1.29, 1.82) is 0 Å². The van der Waals surface area contributed by atoms with Crippen molar-refractivity contribution in [3.05, 3.63) is 42.1 Å². The minimum Gasteiger partial charge on any atom is -0.352 e. The van der Waals surface area contributed by atoms with Gasteiger partial charge in [-0.3, -0.25) is 0 Å². The van der Waals surface area contributed by atoms with Crippen molar-refractivity contribution in [2.45, 2.75) is 13.3 Å². The van der Waals surface area contributed by atoms with Gasteiger partial charge in [-0.25, -0.2) is 9.50 Å². The molecule has 0 aliphatic carbocycles. The highest BCUT2D eigenvalue weighted by molar-refractivity contribution is 5.49. The quantitative estimate of drug-likeness (QED) is 0.767. The fraction of sp³-hybridized carbons (Fsp3) is 0.308. The lowest BCUT2D eigenvalue weighted by Crippen LogP contribution is -2.09. The molecule has 0 radical (unpaired) electrons. The first-order valence-corrected chi connectivity index (χ1v) is 6.26. The van der Waals surface area contributed by atoms with Gasteiger partial charge in [-0.15, -0.1) is 5.10 Å². The Kier molecular flexibility index (Phi) is 2.91. The molecule has 0 bridgehead atoms. The molecule has 98 valence electrons. The SMILES string of the molecule is Cc1cccn2nc(NCCc3nccn3C)nc12. The zero-order valence-corrected chi connectivity index (χ0v) is 11.0. The van der Waals surface area contributed by atoms with E-state index in [1.807, 2.05) is 49.3 Å². The zero-order valence-electron chi connectivity index (χ0n) is 11.0. The molecule has 3 aromatic heterocycles. The van der Waals surface area contributed by atoms with Gasteiger partial charge in [0.1, 0.15) is 5.82 Å². The molecule has 0 saturated carbocycles. The van der Waals surface area contributed by atoms with Gasteiger partial charge < -0.3 is 9.88 Å². The first kappa shape index (κ1) is 11.7. The summed E-state index contributed by atoms with van der Waals surface area (Å²) in [5.74, 6) is 1.70. The Hall–Kier alpha value is -2.37. The Morgan fingerprint density at radius 1 is 1.32 bits per heavy atom. The molecule has 0 saturated heterocycles. The Morgan fingerprint density at radius 2 is 2.21 bits per heavy atom. The summed E-state index contributed by atoms with van der Waals surface area (Å²) in [6.07, 6.45) is 6.50. The van der Waals surface area contributed by atoms with E-state index in [1.54, 1.807) is 4.52 Å². The average molecular weight is 256 g/mol. The Balaban J connectivity index is 1.69. The van der Waals surface area contributed by atoms with E-state index in [9.17, 15) is 0 Å². The van der Waals surface area contributed by atoms with E-state index in [4.69, 9.17) is 0 Å². The normalized spacial score (nSPS) is 11.1. The number of nitrogens with one attached hydrogen (secondary N) is 1. The fourth-order valence-electron chi connectivity index (χ4n) is 2.04.